The van der Waals surface area contributed by atoms with Crippen molar-refractivity contribution in [3.63, 3.8) is 0 Å². The van der Waals surface area contributed by atoms with Crippen molar-refractivity contribution < 1.29 is 8.42 Å². The second-order valence-corrected chi connectivity index (χ2v) is 6.29. The molecule has 0 bridgehead atoms. The third kappa shape index (κ3) is 3.27. The summed E-state index contributed by atoms with van der Waals surface area (Å²) in [5.41, 5.74) is 1.08. The van der Waals surface area contributed by atoms with E-state index in [1.54, 1.807) is 4.57 Å². The van der Waals surface area contributed by atoms with Crippen LogP contribution in [-0.2, 0) is 16.6 Å². The molecule has 1 aromatic carbocycles. The molecule has 96 valence electrons. The summed E-state index contributed by atoms with van der Waals surface area (Å²) in [4.78, 5) is 0.402. The predicted octanol–water partition coefficient (Wildman–Crippen LogP) is 1.16. The first-order valence-electron chi connectivity index (χ1n) is 5.29. The van der Waals surface area contributed by atoms with Gasteiger partial charge in [0.15, 0.2) is 0 Å². The second-order valence-electron chi connectivity index (χ2n) is 3.91. The van der Waals surface area contributed by atoms with E-state index in [-0.39, 0.29) is 0 Å². The van der Waals surface area contributed by atoms with Crippen LogP contribution >= 0.6 is 11.5 Å². The van der Waals surface area contributed by atoms with Gasteiger partial charge < -0.3 is 0 Å². The molecule has 1 aromatic heterocycles. The van der Waals surface area contributed by atoms with E-state index in [4.69, 9.17) is 0 Å². The average molecular weight is 283 g/mol. The molecule has 0 saturated carbocycles. The van der Waals surface area contributed by atoms with E-state index in [0.717, 1.165) is 29.2 Å². The minimum absolute atomic E-state index is 0.402. The molecular weight excluding hydrogens is 270 g/mol. The zero-order valence-corrected chi connectivity index (χ0v) is 11.7. The molecule has 0 amide bonds. The molecule has 0 atom stereocenters. The monoisotopic (exact) mass is 283 g/mol. The Balaban J connectivity index is 2.46. The number of aromatic nitrogens is 2. The van der Waals surface area contributed by atoms with Gasteiger partial charge in [0, 0.05) is 11.5 Å². The van der Waals surface area contributed by atoms with E-state index >= 15 is 0 Å². The van der Waals surface area contributed by atoms with E-state index in [9.17, 15) is 8.42 Å². The first-order valence-corrected chi connectivity index (χ1v) is 7.91. The number of hydrogen-bond acceptors (Lipinski definition) is 4. The normalized spacial score (nSPS) is 12.9. The molecule has 0 aliphatic rings. The van der Waals surface area contributed by atoms with Crippen LogP contribution in [0.3, 0.4) is 0 Å². The van der Waals surface area contributed by atoms with Gasteiger partial charge in [0.2, 0.25) is 4.80 Å². The van der Waals surface area contributed by atoms with Crippen LogP contribution in [0.15, 0.2) is 34.7 Å². The fourth-order valence-electron chi connectivity index (χ4n) is 1.50. The molecule has 2 rings (SSSR count). The summed E-state index contributed by atoms with van der Waals surface area (Å²) in [6, 6.07) is 9.79. The lowest BCUT2D eigenvalue weighted by Gasteiger charge is -2.04. The first kappa shape index (κ1) is 13.0. The third-order valence-electron chi connectivity index (χ3n) is 2.31. The number of sulfonamides is 1. The zero-order valence-electron chi connectivity index (χ0n) is 10.1. The third-order valence-corrected chi connectivity index (χ3v) is 3.76. The maximum Gasteiger partial charge on any atom is 0.252 e. The van der Waals surface area contributed by atoms with E-state index < -0.39 is 10.0 Å². The molecule has 1 heterocycles. The predicted molar refractivity (Wildman–Crippen MR) is 70.8 cm³/mol. The highest BCUT2D eigenvalue weighted by Crippen LogP contribution is 2.03. The van der Waals surface area contributed by atoms with Gasteiger partial charge in [-0.05, 0) is 12.5 Å². The van der Waals surface area contributed by atoms with Gasteiger partial charge in [-0.2, -0.15) is 4.37 Å². The lowest BCUT2D eigenvalue weighted by Crippen LogP contribution is -2.18. The van der Waals surface area contributed by atoms with E-state index in [0.29, 0.717) is 11.3 Å². The fourth-order valence-corrected chi connectivity index (χ4v) is 3.03. The van der Waals surface area contributed by atoms with Gasteiger partial charge in [-0.1, -0.05) is 30.3 Å². The number of rotatable bonds is 3. The second kappa shape index (κ2) is 5.03. The Kier molecular flexibility index (Phi) is 3.63. The Morgan fingerprint density at radius 3 is 2.61 bits per heavy atom. The van der Waals surface area contributed by atoms with Crippen molar-refractivity contribution in [1.82, 2.24) is 8.94 Å². The minimum atomic E-state index is -3.40. The quantitative estimate of drug-likeness (QED) is 0.849. The van der Waals surface area contributed by atoms with Crippen LogP contribution < -0.4 is 4.80 Å². The van der Waals surface area contributed by atoms with Gasteiger partial charge in [0.1, 0.15) is 5.82 Å². The molecule has 0 aliphatic heterocycles. The minimum Gasteiger partial charge on any atom is -0.299 e. The lowest BCUT2D eigenvalue weighted by atomic mass is 10.2. The van der Waals surface area contributed by atoms with E-state index in [2.05, 4.69) is 8.77 Å². The molecule has 0 unspecified atom stereocenters. The summed E-state index contributed by atoms with van der Waals surface area (Å²) in [6.45, 7) is 2.40. The molecule has 0 spiro atoms. The number of benzene rings is 1. The van der Waals surface area contributed by atoms with Crippen LogP contribution in [0, 0.1) is 6.92 Å². The molecule has 0 N–H and O–H groups in total. The van der Waals surface area contributed by atoms with Crippen LogP contribution in [0.1, 0.15) is 11.4 Å². The number of hydrogen-bond donors (Lipinski definition) is 0. The summed E-state index contributed by atoms with van der Waals surface area (Å²) in [6.07, 6.45) is 1.08. The van der Waals surface area contributed by atoms with Gasteiger partial charge in [-0.3, -0.25) is 4.57 Å². The van der Waals surface area contributed by atoms with E-state index in [1.807, 2.05) is 37.3 Å². The Labute approximate surface area is 110 Å². The topological polar surface area (TPSA) is 64.3 Å². The van der Waals surface area contributed by atoms with Crippen molar-refractivity contribution in [2.45, 2.75) is 13.5 Å². The molecule has 7 heteroatoms. The summed E-state index contributed by atoms with van der Waals surface area (Å²) >= 11 is 1.09. The Hall–Kier alpha value is -1.47. The van der Waals surface area contributed by atoms with Gasteiger partial charge in [0.25, 0.3) is 10.0 Å². The summed E-state index contributed by atoms with van der Waals surface area (Å²) < 4.78 is 32.1. The van der Waals surface area contributed by atoms with Gasteiger partial charge >= 0.3 is 0 Å². The zero-order chi connectivity index (χ0) is 13.2. The number of nitrogens with zero attached hydrogens (tertiary/aromatic N) is 3. The van der Waals surface area contributed by atoms with Crippen molar-refractivity contribution in [2.75, 3.05) is 6.26 Å². The highest BCUT2D eigenvalue weighted by Gasteiger charge is 2.06. The molecule has 2 aromatic rings. The van der Waals surface area contributed by atoms with Crippen molar-refractivity contribution in [1.29, 1.82) is 0 Å². The fraction of sp³-hybridized carbons (Fsp3) is 0.273. The highest BCUT2D eigenvalue weighted by atomic mass is 32.2. The van der Waals surface area contributed by atoms with Crippen molar-refractivity contribution >= 4 is 21.6 Å². The standard InChI is InChI=1S/C11H13N3O2S2/c1-9-12-17-11(13-18(2,15)16)14(9)8-10-6-4-3-5-7-10/h3-7H,8H2,1-2H3/b13-11-. The van der Waals surface area contributed by atoms with Gasteiger partial charge in [0.05, 0.1) is 12.8 Å². The molecular formula is C11H13N3O2S2. The largest absolute Gasteiger partial charge is 0.299 e. The smallest absolute Gasteiger partial charge is 0.252 e. The summed E-state index contributed by atoms with van der Waals surface area (Å²) in [5.74, 6) is 0.756. The molecule has 0 fully saturated rings. The summed E-state index contributed by atoms with van der Waals surface area (Å²) in [5, 5.41) is 0. The van der Waals surface area contributed by atoms with Crippen LogP contribution in [0.4, 0.5) is 0 Å². The van der Waals surface area contributed by atoms with Gasteiger partial charge in [-0.15, -0.1) is 4.40 Å². The SMILES string of the molecule is Cc1ns/c(=N\S(C)(=O)=O)n1Cc1ccccc1. The van der Waals surface area contributed by atoms with Gasteiger partial charge in [-0.25, -0.2) is 8.42 Å². The van der Waals surface area contributed by atoms with Crippen molar-refractivity contribution in [2.24, 2.45) is 4.40 Å². The Bertz CT molecular complexity index is 699. The molecule has 0 radical (unpaired) electrons. The van der Waals surface area contributed by atoms with E-state index in [1.165, 1.54) is 0 Å². The molecule has 0 aliphatic carbocycles. The van der Waals surface area contributed by atoms with Crippen LogP contribution in [0.5, 0.6) is 0 Å². The highest BCUT2D eigenvalue weighted by molar-refractivity contribution is 7.89. The Morgan fingerprint density at radius 1 is 1.33 bits per heavy atom. The maximum absolute atomic E-state index is 11.2. The van der Waals surface area contributed by atoms with Crippen molar-refractivity contribution in [3.8, 4) is 0 Å². The molecule has 18 heavy (non-hydrogen) atoms. The first-order chi connectivity index (χ1) is 8.46. The lowest BCUT2D eigenvalue weighted by molar-refractivity contribution is 0.601. The molecule has 5 nitrogen and oxygen atoms in total. The number of aryl methyl sites for hydroxylation is 1. The summed E-state index contributed by atoms with van der Waals surface area (Å²) in [7, 11) is -3.40. The molecule has 0 saturated heterocycles. The van der Waals surface area contributed by atoms with Crippen LogP contribution in [0.25, 0.3) is 0 Å². The van der Waals surface area contributed by atoms with Crippen molar-refractivity contribution in [3.05, 3.63) is 46.5 Å². The van der Waals surface area contributed by atoms with Crippen LogP contribution in [-0.4, -0.2) is 23.6 Å². The van der Waals surface area contributed by atoms with Crippen LogP contribution in [0.2, 0.25) is 0 Å². The Morgan fingerprint density at radius 2 is 2.00 bits per heavy atom. The average Bonchev–Trinajstić information content (AvgIpc) is 2.61. The maximum atomic E-state index is 11.2.